The standard InChI is InChI=1S/C21H10F10O2/c1-9-2-3-12(13(22)4-9)10-5-14(23)18(15(24)6-10)20(27,28)32-11-7-16(25)19(17(26)8-11)33-21(29,30)31/h2-8H,1H3. The van der Waals surface area contributed by atoms with Crippen LogP contribution in [0.15, 0.2) is 42.5 Å². The molecule has 3 rings (SSSR count). The first-order chi connectivity index (χ1) is 15.2. The molecule has 0 saturated carbocycles. The fourth-order valence-corrected chi connectivity index (χ4v) is 2.87. The van der Waals surface area contributed by atoms with E-state index in [1.807, 2.05) is 0 Å². The van der Waals surface area contributed by atoms with Crippen LogP contribution < -0.4 is 9.47 Å². The minimum atomic E-state index is -5.49. The highest BCUT2D eigenvalue weighted by Gasteiger charge is 2.42. The minimum absolute atomic E-state index is 0.0933. The van der Waals surface area contributed by atoms with Crippen LogP contribution in [0.5, 0.6) is 11.5 Å². The van der Waals surface area contributed by atoms with Gasteiger partial charge in [0, 0.05) is 17.7 Å². The summed E-state index contributed by atoms with van der Waals surface area (Å²) in [4.78, 5) is 0. The molecule has 0 amide bonds. The summed E-state index contributed by atoms with van der Waals surface area (Å²) in [5.74, 6) is -12.1. The number of halogens is 10. The van der Waals surface area contributed by atoms with Gasteiger partial charge in [-0.15, -0.1) is 13.2 Å². The number of hydrogen-bond acceptors (Lipinski definition) is 2. The first-order valence-electron chi connectivity index (χ1n) is 8.75. The van der Waals surface area contributed by atoms with Crippen molar-refractivity contribution in [2.24, 2.45) is 0 Å². The fraction of sp³-hybridized carbons (Fsp3) is 0.143. The molecule has 0 heterocycles. The maximum atomic E-state index is 14.4. The molecule has 2 nitrogen and oxygen atoms in total. The van der Waals surface area contributed by atoms with Gasteiger partial charge in [-0.25, -0.2) is 22.0 Å². The van der Waals surface area contributed by atoms with E-state index in [1.165, 1.54) is 12.1 Å². The highest BCUT2D eigenvalue weighted by atomic mass is 19.4. The highest BCUT2D eigenvalue weighted by Crippen LogP contribution is 2.39. The molecular weight excluding hydrogens is 474 g/mol. The zero-order valence-electron chi connectivity index (χ0n) is 16.1. The molecule has 0 saturated heterocycles. The van der Waals surface area contributed by atoms with Crippen LogP contribution in [0.4, 0.5) is 43.9 Å². The Morgan fingerprint density at radius 2 is 1.18 bits per heavy atom. The molecule has 0 aliphatic heterocycles. The fourth-order valence-electron chi connectivity index (χ4n) is 2.87. The summed E-state index contributed by atoms with van der Waals surface area (Å²) in [5, 5.41) is 0. The third kappa shape index (κ3) is 5.32. The second-order valence-electron chi connectivity index (χ2n) is 6.68. The summed E-state index contributed by atoms with van der Waals surface area (Å²) in [7, 11) is 0. The van der Waals surface area contributed by atoms with Crippen LogP contribution in [0.1, 0.15) is 11.1 Å². The Morgan fingerprint density at radius 3 is 1.67 bits per heavy atom. The lowest BCUT2D eigenvalue weighted by atomic mass is 10.0. The van der Waals surface area contributed by atoms with Gasteiger partial charge in [0.05, 0.1) is 0 Å². The normalized spacial score (nSPS) is 12.1. The van der Waals surface area contributed by atoms with Gasteiger partial charge < -0.3 is 9.47 Å². The van der Waals surface area contributed by atoms with Crippen molar-refractivity contribution in [3.63, 3.8) is 0 Å². The van der Waals surface area contributed by atoms with Crippen LogP contribution in [0, 0.1) is 36.0 Å². The molecule has 0 aliphatic carbocycles. The maximum absolute atomic E-state index is 14.4. The molecule has 0 radical (unpaired) electrons. The lowest BCUT2D eigenvalue weighted by Crippen LogP contribution is -2.25. The van der Waals surface area contributed by atoms with Crippen molar-refractivity contribution in [3.05, 3.63) is 82.7 Å². The first-order valence-corrected chi connectivity index (χ1v) is 8.75. The Bertz CT molecular complexity index is 1160. The van der Waals surface area contributed by atoms with Gasteiger partial charge in [0.25, 0.3) is 0 Å². The number of benzene rings is 3. The molecule has 0 aliphatic rings. The number of hydrogen-bond donors (Lipinski definition) is 0. The molecule has 0 atom stereocenters. The minimum Gasteiger partial charge on any atom is -0.429 e. The Hall–Kier alpha value is -3.44. The Balaban J connectivity index is 1.96. The third-order valence-corrected chi connectivity index (χ3v) is 4.20. The second-order valence-corrected chi connectivity index (χ2v) is 6.68. The quantitative estimate of drug-likeness (QED) is 0.352. The van der Waals surface area contributed by atoms with Crippen LogP contribution in [0.25, 0.3) is 11.1 Å². The van der Waals surface area contributed by atoms with Crippen LogP contribution in [0.2, 0.25) is 0 Å². The van der Waals surface area contributed by atoms with Gasteiger partial charge in [-0.2, -0.15) is 8.78 Å². The van der Waals surface area contributed by atoms with Crippen molar-refractivity contribution in [2.45, 2.75) is 19.4 Å². The molecule has 0 unspecified atom stereocenters. The summed E-state index contributed by atoms with van der Waals surface area (Å²) in [5.41, 5.74) is -2.21. The zero-order valence-corrected chi connectivity index (χ0v) is 16.1. The van der Waals surface area contributed by atoms with Crippen molar-refractivity contribution in [1.29, 1.82) is 0 Å². The molecule has 3 aromatic carbocycles. The predicted octanol–water partition coefficient (Wildman–Crippen LogP) is 7.38. The summed E-state index contributed by atoms with van der Waals surface area (Å²) in [6.45, 7) is 1.54. The van der Waals surface area contributed by atoms with E-state index >= 15 is 0 Å². The van der Waals surface area contributed by atoms with Gasteiger partial charge in [-0.05, 0) is 36.2 Å². The average Bonchev–Trinajstić information content (AvgIpc) is 2.62. The molecular formula is C21H10F10O2. The van der Waals surface area contributed by atoms with E-state index in [0.717, 1.165) is 6.07 Å². The Labute approximate surface area is 179 Å². The van der Waals surface area contributed by atoms with Gasteiger partial charge in [-0.1, -0.05) is 12.1 Å². The molecule has 0 bridgehead atoms. The maximum Gasteiger partial charge on any atom is 0.573 e. The number of aryl methyl sites for hydroxylation is 1. The molecule has 3 aromatic rings. The molecule has 33 heavy (non-hydrogen) atoms. The SMILES string of the molecule is Cc1ccc(-c2cc(F)c(C(F)(F)Oc3cc(F)c(OC(F)(F)F)c(F)c3)c(F)c2)c(F)c1. The first kappa shape index (κ1) is 24.2. The summed E-state index contributed by atoms with van der Waals surface area (Å²) >= 11 is 0. The van der Waals surface area contributed by atoms with E-state index in [4.69, 9.17) is 0 Å². The number of alkyl halides is 5. The number of rotatable bonds is 5. The van der Waals surface area contributed by atoms with E-state index in [9.17, 15) is 43.9 Å². The Kier molecular flexibility index (Phi) is 6.22. The van der Waals surface area contributed by atoms with Gasteiger partial charge in [0.15, 0.2) is 11.6 Å². The average molecular weight is 484 g/mol. The van der Waals surface area contributed by atoms with Crippen LogP contribution in [0.3, 0.4) is 0 Å². The Morgan fingerprint density at radius 1 is 0.636 bits per heavy atom. The van der Waals surface area contributed by atoms with E-state index in [1.54, 1.807) is 6.92 Å². The van der Waals surface area contributed by atoms with Crippen molar-refractivity contribution < 1.29 is 53.4 Å². The van der Waals surface area contributed by atoms with E-state index < -0.39 is 64.2 Å². The molecule has 0 fully saturated rings. The van der Waals surface area contributed by atoms with Crippen molar-refractivity contribution in [3.8, 4) is 22.6 Å². The molecule has 0 N–H and O–H groups in total. The highest BCUT2D eigenvalue weighted by molar-refractivity contribution is 5.65. The van der Waals surface area contributed by atoms with Crippen LogP contribution in [-0.2, 0) is 6.11 Å². The predicted molar refractivity (Wildman–Crippen MR) is 94.1 cm³/mol. The van der Waals surface area contributed by atoms with Gasteiger partial charge in [0.2, 0.25) is 5.75 Å². The summed E-state index contributed by atoms with van der Waals surface area (Å²) in [6, 6.07) is 4.23. The van der Waals surface area contributed by atoms with E-state index in [2.05, 4.69) is 9.47 Å². The lowest BCUT2D eigenvalue weighted by molar-refractivity contribution is -0.276. The zero-order chi connectivity index (χ0) is 24.7. The van der Waals surface area contributed by atoms with Crippen LogP contribution in [-0.4, -0.2) is 6.36 Å². The second kappa shape index (κ2) is 8.49. The van der Waals surface area contributed by atoms with E-state index in [0.29, 0.717) is 17.7 Å². The third-order valence-electron chi connectivity index (χ3n) is 4.20. The van der Waals surface area contributed by atoms with Crippen LogP contribution >= 0.6 is 0 Å². The van der Waals surface area contributed by atoms with Crippen molar-refractivity contribution >= 4 is 0 Å². The van der Waals surface area contributed by atoms with E-state index in [-0.39, 0.29) is 17.7 Å². The monoisotopic (exact) mass is 484 g/mol. The molecule has 0 aromatic heterocycles. The summed E-state index contributed by atoms with van der Waals surface area (Å²) < 4.78 is 143. The van der Waals surface area contributed by atoms with Crippen molar-refractivity contribution in [1.82, 2.24) is 0 Å². The van der Waals surface area contributed by atoms with Gasteiger partial charge in [-0.3, -0.25) is 0 Å². The topological polar surface area (TPSA) is 18.5 Å². The molecule has 12 heteroatoms. The lowest BCUT2D eigenvalue weighted by Gasteiger charge is -2.20. The van der Waals surface area contributed by atoms with Gasteiger partial charge in [0.1, 0.15) is 28.8 Å². The smallest absolute Gasteiger partial charge is 0.429 e. The largest absolute Gasteiger partial charge is 0.573 e. The number of ether oxygens (including phenoxy) is 2. The molecule has 0 spiro atoms. The van der Waals surface area contributed by atoms with Gasteiger partial charge >= 0.3 is 12.5 Å². The van der Waals surface area contributed by atoms with Crippen molar-refractivity contribution in [2.75, 3.05) is 0 Å². The summed E-state index contributed by atoms with van der Waals surface area (Å²) in [6.07, 6.45) is -10.4. The molecule has 176 valence electrons.